The van der Waals surface area contributed by atoms with Crippen molar-refractivity contribution in [2.24, 2.45) is 11.8 Å². The molecule has 0 saturated carbocycles. The quantitative estimate of drug-likeness (QED) is 0.616. The number of hydrogen-bond acceptors (Lipinski definition) is 1. The molecule has 0 amide bonds. The van der Waals surface area contributed by atoms with Crippen LogP contribution in [0.1, 0.15) is 54.4 Å². The van der Waals surface area contributed by atoms with Gasteiger partial charge in [0.25, 0.3) is 0 Å². The minimum Gasteiger partial charge on any atom is -0.655 e. The molecule has 1 heterocycles. The molecule has 0 N–H and O–H groups in total. The number of hydrogen-bond donors (Lipinski definition) is 0. The van der Waals surface area contributed by atoms with E-state index in [-0.39, 0.29) is 0 Å². The lowest BCUT2D eigenvalue weighted by Gasteiger charge is -2.30. The number of thioether (sulfide) groups is 1. The van der Waals surface area contributed by atoms with Crippen molar-refractivity contribution in [1.29, 1.82) is 0 Å². The Balaban J connectivity index is 2.91. The molecule has 0 radical (unpaired) electrons. The van der Waals surface area contributed by atoms with Crippen LogP contribution in [0.25, 0.3) is 5.32 Å². The molecule has 0 aliphatic carbocycles. The highest BCUT2D eigenvalue weighted by molar-refractivity contribution is 8.07. The third-order valence-electron chi connectivity index (χ3n) is 3.06. The summed E-state index contributed by atoms with van der Waals surface area (Å²) in [5.74, 6) is 1.24. The normalized spacial score (nSPS) is 18.1. The molecule has 0 aromatic rings. The van der Waals surface area contributed by atoms with Crippen molar-refractivity contribution in [3.05, 3.63) is 26.5 Å². The van der Waals surface area contributed by atoms with Crippen LogP contribution in [0.3, 0.4) is 0 Å². The van der Waals surface area contributed by atoms with E-state index in [1.807, 2.05) is 11.8 Å². The van der Waals surface area contributed by atoms with Gasteiger partial charge in [-0.05, 0) is 37.0 Å². The van der Waals surface area contributed by atoms with Gasteiger partial charge in [0.05, 0.1) is 0 Å². The van der Waals surface area contributed by atoms with Crippen LogP contribution in [0.2, 0.25) is 0 Å². The van der Waals surface area contributed by atoms with Crippen LogP contribution in [0.4, 0.5) is 0 Å². The summed E-state index contributed by atoms with van der Waals surface area (Å²) in [6.45, 7) is 13.4. The maximum absolute atomic E-state index is 4.83. The van der Waals surface area contributed by atoms with Crippen molar-refractivity contribution in [2.45, 2.75) is 54.4 Å². The number of nitrogens with zero attached hydrogens (tertiary/aromatic N) is 1. The Morgan fingerprint density at radius 1 is 1.25 bits per heavy atom. The molecule has 1 unspecified atom stereocenters. The number of rotatable bonds is 4. The van der Waals surface area contributed by atoms with E-state index in [0.717, 1.165) is 0 Å². The summed E-state index contributed by atoms with van der Waals surface area (Å²) in [4.78, 5) is 1.50. The predicted molar refractivity (Wildman–Crippen MR) is 75.3 cm³/mol. The second-order valence-corrected chi connectivity index (χ2v) is 6.19. The standard InChI is InChI=1S/C14H24NS/c1-7-8-12-13(11(6)9(2)3)15-14(16-12)10(4)5/h9,11H,7-8H2,1-6H3/q-1. The monoisotopic (exact) mass is 238 g/mol. The van der Waals surface area contributed by atoms with E-state index in [2.05, 4.69) is 41.5 Å². The molecule has 0 spiro atoms. The van der Waals surface area contributed by atoms with Crippen LogP contribution in [-0.2, 0) is 0 Å². The second-order valence-electron chi connectivity index (χ2n) is 5.11. The topological polar surface area (TPSA) is 14.1 Å². The van der Waals surface area contributed by atoms with Crippen LogP contribution < -0.4 is 0 Å². The van der Waals surface area contributed by atoms with E-state index in [4.69, 9.17) is 5.32 Å². The van der Waals surface area contributed by atoms with E-state index in [1.54, 1.807) is 0 Å². The SMILES string of the molecule is CCCC1=C(C(C)C(C)C)[N-]C(=C(C)C)S1. The zero-order valence-electron chi connectivity index (χ0n) is 11.4. The van der Waals surface area contributed by atoms with Crippen molar-refractivity contribution >= 4 is 11.8 Å². The van der Waals surface area contributed by atoms with Crippen LogP contribution in [0.15, 0.2) is 21.2 Å². The van der Waals surface area contributed by atoms with Crippen LogP contribution in [0, 0.1) is 11.8 Å². The first kappa shape index (κ1) is 13.7. The van der Waals surface area contributed by atoms with Gasteiger partial charge in [0.1, 0.15) is 0 Å². The lowest BCUT2D eigenvalue weighted by Crippen LogP contribution is -2.06. The van der Waals surface area contributed by atoms with Crippen LogP contribution in [0.5, 0.6) is 0 Å². The predicted octanol–water partition coefficient (Wildman–Crippen LogP) is 5.66. The van der Waals surface area contributed by atoms with Gasteiger partial charge in [0.2, 0.25) is 0 Å². The Labute approximate surface area is 105 Å². The van der Waals surface area contributed by atoms with Crippen molar-refractivity contribution in [2.75, 3.05) is 0 Å². The molecular formula is C14H24NS-. The first-order valence-corrected chi connectivity index (χ1v) is 7.09. The van der Waals surface area contributed by atoms with E-state index in [0.29, 0.717) is 11.8 Å². The average molecular weight is 238 g/mol. The van der Waals surface area contributed by atoms with E-state index in [9.17, 15) is 0 Å². The van der Waals surface area contributed by atoms with Gasteiger partial charge < -0.3 is 5.32 Å². The zero-order chi connectivity index (χ0) is 12.3. The summed E-state index contributed by atoms with van der Waals surface area (Å²) in [7, 11) is 0. The fourth-order valence-corrected chi connectivity index (χ4v) is 2.88. The summed E-state index contributed by atoms with van der Waals surface area (Å²) < 4.78 is 0. The smallest absolute Gasteiger partial charge is 0.0234 e. The maximum Gasteiger partial charge on any atom is -0.0234 e. The Kier molecular flexibility index (Phi) is 4.97. The van der Waals surface area contributed by atoms with Crippen molar-refractivity contribution in [3.63, 3.8) is 0 Å². The molecule has 1 nitrogen and oxygen atoms in total. The van der Waals surface area contributed by atoms with Crippen molar-refractivity contribution in [1.82, 2.24) is 0 Å². The molecule has 1 aliphatic heterocycles. The molecule has 0 aromatic heterocycles. The highest BCUT2D eigenvalue weighted by atomic mass is 32.2. The third-order valence-corrected chi connectivity index (χ3v) is 4.42. The minimum atomic E-state index is 0.575. The summed E-state index contributed by atoms with van der Waals surface area (Å²) in [5.41, 5.74) is 2.68. The second kappa shape index (κ2) is 5.81. The van der Waals surface area contributed by atoms with Gasteiger partial charge >= 0.3 is 0 Å². The molecule has 0 aromatic carbocycles. The molecular weight excluding hydrogens is 214 g/mol. The van der Waals surface area contributed by atoms with Crippen molar-refractivity contribution < 1.29 is 0 Å². The van der Waals surface area contributed by atoms with Crippen LogP contribution in [-0.4, -0.2) is 0 Å². The van der Waals surface area contributed by atoms with E-state index < -0.39 is 0 Å². The van der Waals surface area contributed by atoms with Gasteiger partial charge in [-0.3, -0.25) is 0 Å². The molecule has 0 bridgehead atoms. The van der Waals surface area contributed by atoms with Gasteiger partial charge in [-0.1, -0.05) is 44.7 Å². The first-order chi connectivity index (χ1) is 7.47. The van der Waals surface area contributed by atoms with Gasteiger partial charge in [0, 0.05) is 0 Å². The summed E-state index contributed by atoms with van der Waals surface area (Å²) in [5, 5.41) is 6.06. The molecule has 2 heteroatoms. The lowest BCUT2D eigenvalue weighted by atomic mass is 9.93. The fraction of sp³-hybridized carbons (Fsp3) is 0.714. The highest BCUT2D eigenvalue weighted by Crippen LogP contribution is 2.49. The summed E-state index contributed by atoms with van der Waals surface area (Å²) >= 11 is 1.89. The molecule has 92 valence electrons. The van der Waals surface area contributed by atoms with Gasteiger partial charge in [0.15, 0.2) is 0 Å². The molecule has 1 aliphatic rings. The highest BCUT2D eigenvalue weighted by Gasteiger charge is 2.16. The third kappa shape index (κ3) is 3.07. The molecule has 1 atom stereocenters. The first-order valence-electron chi connectivity index (χ1n) is 6.27. The Morgan fingerprint density at radius 3 is 2.31 bits per heavy atom. The molecule has 0 fully saturated rings. The maximum atomic E-state index is 4.83. The molecule has 0 saturated heterocycles. The summed E-state index contributed by atoms with van der Waals surface area (Å²) in [6.07, 6.45) is 2.39. The zero-order valence-corrected chi connectivity index (χ0v) is 12.2. The molecule has 16 heavy (non-hydrogen) atoms. The Bertz CT molecular complexity index is 309. The fourth-order valence-electron chi connectivity index (χ4n) is 1.66. The molecule has 1 rings (SSSR count). The largest absolute Gasteiger partial charge is 0.655 e. The minimum absolute atomic E-state index is 0.575. The summed E-state index contributed by atoms with van der Waals surface area (Å²) in [6, 6.07) is 0. The Hall–Kier alpha value is -0.370. The van der Waals surface area contributed by atoms with Gasteiger partial charge in [-0.15, -0.1) is 17.5 Å². The lowest BCUT2D eigenvalue weighted by molar-refractivity contribution is 0.484. The Morgan fingerprint density at radius 2 is 1.88 bits per heavy atom. The average Bonchev–Trinajstić information content (AvgIpc) is 2.61. The van der Waals surface area contributed by atoms with E-state index >= 15 is 0 Å². The van der Waals surface area contributed by atoms with Crippen molar-refractivity contribution in [3.8, 4) is 0 Å². The number of allylic oxidation sites excluding steroid dienone is 3. The van der Waals surface area contributed by atoms with Gasteiger partial charge in [-0.2, -0.15) is 0 Å². The van der Waals surface area contributed by atoms with E-state index in [1.165, 1.54) is 34.0 Å². The van der Waals surface area contributed by atoms with Gasteiger partial charge in [-0.25, -0.2) is 0 Å². The van der Waals surface area contributed by atoms with Crippen LogP contribution >= 0.6 is 11.8 Å².